The summed E-state index contributed by atoms with van der Waals surface area (Å²) in [6.07, 6.45) is 4.83. The standard InChI is InChI=1S/2C7H11NS.C2H6O6S2/c2*1-3-4-7-6(2)8-5-9-7;3-9(4,5)1-2-10(6,7)8/h2*5H,3-4H2,1-2H3;1-2H2,(H,3,4,5)(H,6,7,8). The molecule has 0 aliphatic rings. The number of nitrogens with zero attached hydrogens (tertiary/aromatic N) is 2. The molecule has 12 heteroatoms. The van der Waals surface area contributed by atoms with Crippen LogP contribution in [0, 0.1) is 13.8 Å². The lowest BCUT2D eigenvalue weighted by Crippen LogP contribution is -2.15. The lowest BCUT2D eigenvalue weighted by molar-refractivity contribution is 0.472. The molecule has 0 atom stereocenters. The van der Waals surface area contributed by atoms with E-state index in [2.05, 4.69) is 37.7 Å². The van der Waals surface area contributed by atoms with E-state index in [0.717, 1.165) is 0 Å². The molecule has 2 aromatic rings. The number of hydrogen-bond acceptors (Lipinski definition) is 8. The third-order valence-corrected chi connectivity index (χ3v) is 6.93. The normalized spacial score (nSPS) is 11.2. The topological polar surface area (TPSA) is 135 Å². The zero-order chi connectivity index (χ0) is 21.8. The fourth-order valence-electron chi connectivity index (χ4n) is 1.80. The van der Waals surface area contributed by atoms with Crippen molar-refractivity contribution in [2.45, 2.75) is 53.4 Å². The molecular weight excluding hydrogens is 444 g/mol. The monoisotopic (exact) mass is 472 g/mol. The van der Waals surface area contributed by atoms with E-state index >= 15 is 0 Å². The van der Waals surface area contributed by atoms with Crippen LogP contribution in [0.5, 0.6) is 0 Å². The molecule has 2 heterocycles. The Morgan fingerprint density at radius 1 is 0.786 bits per heavy atom. The summed E-state index contributed by atoms with van der Waals surface area (Å²) in [6, 6.07) is 0. The molecule has 0 spiro atoms. The first kappa shape index (κ1) is 27.1. The number of aryl methyl sites for hydroxylation is 4. The summed E-state index contributed by atoms with van der Waals surface area (Å²) < 4.78 is 55.4. The highest BCUT2D eigenvalue weighted by molar-refractivity contribution is 7.89. The summed E-state index contributed by atoms with van der Waals surface area (Å²) >= 11 is 3.53. The first-order valence-corrected chi connectivity index (χ1v) is 13.6. The van der Waals surface area contributed by atoms with E-state index in [1.165, 1.54) is 46.8 Å². The highest BCUT2D eigenvalue weighted by Crippen LogP contribution is 2.14. The fraction of sp³-hybridized carbons (Fsp3) is 0.625. The van der Waals surface area contributed by atoms with Crippen LogP contribution < -0.4 is 0 Å². The molecule has 0 radical (unpaired) electrons. The maximum absolute atomic E-state index is 9.86. The minimum Gasteiger partial charge on any atom is -0.286 e. The third kappa shape index (κ3) is 14.1. The van der Waals surface area contributed by atoms with Gasteiger partial charge in [-0.05, 0) is 26.7 Å². The molecular formula is C16H28N2O6S4. The zero-order valence-corrected chi connectivity index (χ0v) is 19.7. The smallest absolute Gasteiger partial charge is 0.265 e. The van der Waals surface area contributed by atoms with E-state index in [1.807, 2.05) is 11.0 Å². The van der Waals surface area contributed by atoms with Crippen molar-refractivity contribution in [1.82, 2.24) is 9.97 Å². The Labute approximate surface area is 175 Å². The van der Waals surface area contributed by atoms with Crippen molar-refractivity contribution in [2.75, 3.05) is 11.5 Å². The average molecular weight is 473 g/mol. The van der Waals surface area contributed by atoms with Crippen LogP contribution in [0.4, 0.5) is 0 Å². The summed E-state index contributed by atoms with van der Waals surface area (Å²) in [6.45, 7) is 8.53. The summed E-state index contributed by atoms with van der Waals surface area (Å²) in [5.41, 5.74) is 6.25. The van der Waals surface area contributed by atoms with Gasteiger partial charge in [0.15, 0.2) is 0 Å². The van der Waals surface area contributed by atoms with Crippen LogP contribution in [-0.2, 0) is 33.1 Å². The maximum atomic E-state index is 9.86. The highest BCUT2D eigenvalue weighted by Gasteiger charge is 2.11. The van der Waals surface area contributed by atoms with Gasteiger partial charge in [0.2, 0.25) is 0 Å². The van der Waals surface area contributed by atoms with Gasteiger partial charge in [0.05, 0.1) is 33.9 Å². The van der Waals surface area contributed by atoms with Gasteiger partial charge in [-0.1, -0.05) is 26.7 Å². The third-order valence-electron chi connectivity index (χ3n) is 3.24. The molecule has 0 aliphatic carbocycles. The minimum atomic E-state index is -4.30. The van der Waals surface area contributed by atoms with Gasteiger partial charge in [-0.2, -0.15) is 16.8 Å². The first-order valence-electron chi connectivity index (χ1n) is 8.57. The van der Waals surface area contributed by atoms with E-state index in [4.69, 9.17) is 9.11 Å². The predicted octanol–water partition coefficient (Wildman–Crippen LogP) is 3.57. The second-order valence-electron chi connectivity index (χ2n) is 5.79. The summed E-state index contributed by atoms with van der Waals surface area (Å²) in [5.74, 6) is -1.96. The van der Waals surface area contributed by atoms with E-state index in [1.54, 1.807) is 22.7 Å². The first-order chi connectivity index (χ1) is 12.9. The lowest BCUT2D eigenvalue weighted by atomic mass is 10.2. The van der Waals surface area contributed by atoms with Gasteiger partial charge < -0.3 is 0 Å². The predicted molar refractivity (Wildman–Crippen MR) is 115 cm³/mol. The van der Waals surface area contributed by atoms with E-state index in [0.29, 0.717) is 0 Å². The van der Waals surface area contributed by atoms with Crippen LogP contribution in [0.25, 0.3) is 0 Å². The van der Waals surface area contributed by atoms with Crippen molar-refractivity contribution in [3.8, 4) is 0 Å². The van der Waals surface area contributed by atoms with Crippen molar-refractivity contribution in [1.29, 1.82) is 0 Å². The van der Waals surface area contributed by atoms with Crippen molar-refractivity contribution in [3.63, 3.8) is 0 Å². The molecule has 28 heavy (non-hydrogen) atoms. The molecule has 162 valence electrons. The van der Waals surface area contributed by atoms with Crippen LogP contribution >= 0.6 is 22.7 Å². The number of aromatic nitrogens is 2. The molecule has 2 N–H and O–H groups in total. The Kier molecular flexibility index (Phi) is 12.9. The molecule has 0 fully saturated rings. The van der Waals surface area contributed by atoms with Crippen molar-refractivity contribution >= 4 is 42.9 Å². The van der Waals surface area contributed by atoms with Crippen LogP contribution in [0.2, 0.25) is 0 Å². The second kappa shape index (κ2) is 13.3. The molecule has 0 bridgehead atoms. The van der Waals surface area contributed by atoms with Crippen LogP contribution in [0.1, 0.15) is 47.8 Å². The quantitative estimate of drug-likeness (QED) is 0.584. The highest BCUT2D eigenvalue weighted by atomic mass is 32.2. The Balaban J connectivity index is 0.000000391. The molecule has 2 rings (SSSR count). The lowest BCUT2D eigenvalue weighted by Gasteiger charge is -1.92. The molecule has 8 nitrogen and oxygen atoms in total. The van der Waals surface area contributed by atoms with Crippen LogP contribution in [0.15, 0.2) is 11.0 Å². The van der Waals surface area contributed by atoms with E-state index < -0.39 is 31.7 Å². The summed E-state index contributed by atoms with van der Waals surface area (Å²) in [7, 11) is -8.59. The van der Waals surface area contributed by atoms with Crippen molar-refractivity contribution < 1.29 is 25.9 Å². The molecule has 0 amide bonds. The van der Waals surface area contributed by atoms with Crippen molar-refractivity contribution in [3.05, 3.63) is 32.2 Å². The molecule has 0 aromatic carbocycles. The number of hydrogen-bond donors (Lipinski definition) is 2. The average Bonchev–Trinajstić information content (AvgIpc) is 3.16. The van der Waals surface area contributed by atoms with E-state index in [-0.39, 0.29) is 0 Å². The SMILES string of the molecule is CCCc1scnc1C.CCCc1scnc1C.O=S(=O)(O)CCS(=O)(=O)O. The maximum Gasteiger partial charge on any atom is 0.265 e. The molecule has 0 saturated heterocycles. The van der Waals surface area contributed by atoms with Gasteiger partial charge in [-0.15, -0.1) is 22.7 Å². The Morgan fingerprint density at radius 2 is 1.11 bits per heavy atom. The number of thiazole rings is 2. The molecule has 0 unspecified atom stereocenters. The van der Waals surface area contributed by atoms with Gasteiger partial charge in [0, 0.05) is 9.75 Å². The largest absolute Gasteiger partial charge is 0.286 e. The second-order valence-corrected chi connectivity index (χ2v) is 10.8. The van der Waals surface area contributed by atoms with Gasteiger partial charge >= 0.3 is 0 Å². The summed E-state index contributed by atoms with van der Waals surface area (Å²) in [5, 5.41) is 0. The van der Waals surface area contributed by atoms with E-state index in [9.17, 15) is 16.8 Å². The van der Waals surface area contributed by atoms with Gasteiger partial charge in [0.25, 0.3) is 20.2 Å². The molecule has 2 aromatic heterocycles. The molecule has 0 aliphatic heterocycles. The van der Waals surface area contributed by atoms with Gasteiger partial charge in [-0.25, -0.2) is 9.97 Å². The van der Waals surface area contributed by atoms with Gasteiger partial charge in [0.1, 0.15) is 0 Å². The Morgan fingerprint density at radius 3 is 1.29 bits per heavy atom. The Hall–Kier alpha value is -0.920. The zero-order valence-electron chi connectivity index (χ0n) is 16.5. The fourth-order valence-corrected chi connectivity index (χ4v) is 5.25. The molecule has 0 saturated carbocycles. The summed E-state index contributed by atoms with van der Waals surface area (Å²) in [4.78, 5) is 11.2. The van der Waals surface area contributed by atoms with Gasteiger partial charge in [-0.3, -0.25) is 9.11 Å². The van der Waals surface area contributed by atoms with Crippen LogP contribution in [-0.4, -0.2) is 47.4 Å². The van der Waals surface area contributed by atoms with Crippen LogP contribution in [0.3, 0.4) is 0 Å². The Bertz CT molecular complexity index is 814. The minimum absolute atomic E-state index is 0.980. The van der Waals surface area contributed by atoms with Crippen molar-refractivity contribution in [2.24, 2.45) is 0 Å². The number of rotatable bonds is 7.